The van der Waals surface area contributed by atoms with E-state index in [2.05, 4.69) is 6.07 Å². The van der Waals surface area contributed by atoms with Crippen molar-refractivity contribution in [2.24, 2.45) is 0 Å². The van der Waals surface area contributed by atoms with E-state index in [0.717, 1.165) is 5.56 Å². The number of Topliss-reactive ketones (excluding diaryl/α,β-unsaturated/α-hetero) is 1. The van der Waals surface area contributed by atoms with Gasteiger partial charge in [0.05, 0.1) is 11.6 Å². The van der Waals surface area contributed by atoms with Gasteiger partial charge in [0.2, 0.25) is 0 Å². The second-order valence-electron chi connectivity index (χ2n) is 5.07. The normalized spacial score (nSPS) is 12.2. The van der Waals surface area contributed by atoms with Crippen molar-refractivity contribution < 1.29 is 42.2 Å². The van der Waals surface area contributed by atoms with Crippen LogP contribution in [0.3, 0.4) is 0 Å². The van der Waals surface area contributed by atoms with E-state index in [-0.39, 0.29) is 52.8 Å². The first-order valence-corrected chi connectivity index (χ1v) is 7.04. The number of hydrogen-bond acceptors (Lipinski definition) is 2. The second kappa shape index (κ2) is 8.40. The molecule has 0 amide bonds. The zero-order valence-corrected chi connectivity index (χ0v) is 16.4. The molecule has 3 rings (SSSR count). The molecule has 22 heavy (non-hydrogen) atoms. The summed E-state index contributed by atoms with van der Waals surface area (Å²) >= 11 is 6.06. The van der Waals surface area contributed by atoms with Crippen LogP contribution < -0.4 is 5.46 Å². The van der Waals surface area contributed by atoms with Crippen molar-refractivity contribution >= 4 is 29.8 Å². The second-order valence-corrected chi connectivity index (χ2v) is 5.47. The summed E-state index contributed by atoms with van der Waals surface area (Å²) in [7, 11) is 0. The molecular formula is C17H17BClO2Y-. The number of rotatable bonds is 3. The van der Waals surface area contributed by atoms with Crippen molar-refractivity contribution in [3.05, 3.63) is 71.6 Å². The SMILES string of the molecule is CB1OCc2ccc(CC(=O)c3ccccc3Cl)cc21.[CH3-].[Y]. The fraction of sp³-hybridized carbons (Fsp3) is 0.176. The van der Waals surface area contributed by atoms with E-state index in [9.17, 15) is 4.79 Å². The Balaban J connectivity index is 0.00000121. The van der Waals surface area contributed by atoms with Gasteiger partial charge in [-0.15, -0.1) is 0 Å². The van der Waals surface area contributed by atoms with E-state index in [1.165, 1.54) is 11.0 Å². The van der Waals surface area contributed by atoms with Crippen LogP contribution in [-0.2, 0) is 50.4 Å². The maximum Gasteiger partial charge on any atom is 0.324 e. The molecule has 2 aromatic carbocycles. The van der Waals surface area contributed by atoms with E-state index in [4.69, 9.17) is 16.3 Å². The Morgan fingerprint density at radius 2 is 2.00 bits per heavy atom. The first kappa shape index (κ1) is 19.6. The molecule has 1 aliphatic rings. The predicted molar refractivity (Wildman–Crippen MR) is 88.4 cm³/mol. The zero-order chi connectivity index (χ0) is 14.1. The quantitative estimate of drug-likeness (QED) is 0.457. The molecule has 0 unspecified atom stereocenters. The molecule has 0 bridgehead atoms. The molecule has 111 valence electrons. The molecule has 0 saturated heterocycles. The maximum atomic E-state index is 12.3. The van der Waals surface area contributed by atoms with Crippen LogP contribution in [0.1, 0.15) is 21.5 Å². The van der Waals surface area contributed by atoms with Gasteiger partial charge in [-0.05, 0) is 28.7 Å². The van der Waals surface area contributed by atoms with Crippen LogP contribution in [0, 0.1) is 7.43 Å². The molecule has 2 aromatic rings. The van der Waals surface area contributed by atoms with Crippen molar-refractivity contribution in [1.29, 1.82) is 0 Å². The molecule has 0 saturated carbocycles. The zero-order valence-electron chi connectivity index (χ0n) is 12.8. The van der Waals surface area contributed by atoms with Crippen LogP contribution in [-0.4, -0.2) is 12.7 Å². The number of carbonyl (C=O) groups is 1. The number of ketones is 1. The molecule has 0 N–H and O–H groups in total. The van der Waals surface area contributed by atoms with Crippen LogP contribution in [0.5, 0.6) is 0 Å². The van der Waals surface area contributed by atoms with E-state index in [1.54, 1.807) is 12.1 Å². The summed E-state index contributed by atoms with van der Waals surface area (Å²) in [5.74, 6) is 0.0436. The average Bonchev–Trinajstić information content (AvgIpc) is 2.81. The summed E-state index contributed by atoms with van der Waals surface area (Å²) in [6, 6.07) is 13.3. The monoisotopic (exact) mass is 388 g/mol. The Labute approximate surface area is 162 Å². The molecule has 5 heteroatoms. The van der Waals surface area contributed by atoms with E-state index in [0.29, 0.717) is 23.6 Å². The van der Waals surface area contributed by atoms with Gasteiger partial charge >= 0.3 is 6.92 Å². The Hall–Kier alpha value is -0.471. The molecule has 1 heterocycles. The van der Waals surface area contributed by atoms with Crippen LogP contribution in [0.4, 0.5) is 0 Å². The van der Waals surface area contributed by atoms with Crippen molar-refractivity contribution in [3.63, 3.8) is 0 Å². The van der Waals surface area contributed by atoms with Crippen molar-refractivity contribution in [2.75, 3.05) is 0 Å². The van der Waals surface area contributed by atoms with Crippen LogP contribution in [0.2, 0.25) is 11.8 Å². The van der Waals surface area contributed by atoms with Crippen molar-refractivity contribution in [3.8, 4) is 0 Å². The van der Waals surface area contributed by atoms with Crippen LogP contribution in [0.15, 0.2) is 42.5 Å². The van der Waals surface area contributed by atoms with Gasteiger partial charge in [0.25, 0.3) is 0 Å². The summed E-state index contributed by atoms with van der Waals surface area (Å²) in [6.07, 6.45) is 0.365. The Morgan fingerprint density at radius 1 is 1.27 bits per heavy atom. The number of halogens is 1. The summed E-state index contributed by atoms with van der Waals surface area (Å²) < 4.78 is 5.58. The minimum Gasteiger partial charge on any atom is -0.427 e. The largest absolute Gasteiger partial charge is 0.427 e. The number of fused-ring (bicyclic) bond motifs is 1. The molecule has 0 fully saturated rings. The fourth-order valence-corrected chi connectivity index (χ4v) is 2.78. The topological polar surface area (TPSA) is 26.3 Å². The third-order valence-corrected chi connectivity index (χ3v) is 4.01. The molecule has 0 spiro atoms. The summed E-state index contributed by atoms with van der Waals surface area (Å²) in [5.41, 5.74) is 3.99. The summed E-state index contributed by atoms with van der Waals surface area (Å²) in [6.45, 7) is 2.81. The van der Waals surface area contributed by atoms with Gasteiger partial charge < -0.3 is 12.1 Å². The number of hydrogen-bond donors (Lipinski definition) is 0. The fourth-order valence-electron chi connectivity index (χ4n) is 2.54. The minimum atomic E-state index is 0. The van der Waals surface area contributed by atoms with Gasteiger partial charge in [-0.3, -0.25) is 4.79 Å². The summed E-state index contributed by atoms with van der Waals surface area (Å²) in [5, 5.41) is 0.510. The Bertz CT molecular complexity index is 675. The first-order chi connectivity index (χ1) is 9.65. The van der Waals surface area contributed by atoms with Crippen molar-refractivity contribution in [2.45, 2.75) is 19.9 Å². The first-order valence-electron chi connectivity index (χ1n) is 6.66. The predicted octanol–water partition coefficient (Wildman–Crippen LogP) is 3.57. The maximum absolute atomic E-state index is 12.3. The Kier molecular flexibility index (Phi) is 7.47. The van der Waals surface area contributed by atoms with E-state index in [1.807, 2.05) is 31.1 Å². The molecule has 0 atom stereocenters. The van der Waals surface area contributed by atoms with E-state index >= 15 is 0 Å². The van der Waals surface area contributed by atoms with Gasteiger partial charge in [-0.1, -0.05) is 48.8 Å². The van der Waals surface area contributed by atoms with Crippen molar-refractivity contribution in [1.82, 2.24) is 0 Å². The standard InChI is InChI=1S/C16H14BClO2.CH3.Y/c1-17-14-8-11(6-7-12(14)10-20-17)9-16(19)13-4-2-3-5-15(13)18;;/h2-8H,9-10H2,1H3;1H3;/q;-1;. The van der Waals surface area contributed by atoms with Crippen LogP contribution >= 0.6 is 11.6 Å². The van der Waals surface area contributed by atoms with Gasteiger partial charge in [0.1, 0.15) is 0 Å². The number of carbonyl (C=O) groups excluding carboxylic acids is 1. The number of benzene rings is 2. The average molecular weight is 388 g/mol. The van der Waals surface area contributed by atoms with Gasteiger partial charge in [0, 0.05) is 44.7 Å². The molecule has 2 nitrogen and oxygen atoms in total. The van der Waals surface area contributed by atoms with Gasteiger partial charge in [-0.25, -0.2) is 0 Å². The molecule has 0 aliphatic carbocycles. The molecule has 1 aliphatic heterocycles. The molecule has 1 radical (unpaired) electrons. The molecular weight excluding hydrogens is 371 g/mol. The Morgan fingerprint density at radius 3 is 2.73 bits per heavy atom. The third kappa shape index (κ3) is 4.08. The summed E-state index contributed by atoms with van der Waals surface area (Å²) in [4.78, 5) is 12.3. The van der Waals surface area contributed by atoms with E-state index < -0.39 is 0 Å². The minimum absolute atomic E-state index is 0. The van der Waals surface area contributed by atoms with Gasteiger partial charge in [0.15, 0.2) is 5.78 Å². The third-order valence-electron chi connectivity index (χ3n) is 3.68. The van der Waals surface area contributed by atoms with Gasteiger partial charge in [-0.2, -0.15) is 0 Å². The van der Waals surface area contributed by atoms with Crippen LogP contribution in [0.25, 0.3) is 0 Å². The smallest absolute Gasteiger partial charge is 0.324 e. The molecule has 0 aromatic heterocycles.